The Morgan fingerprint density at radius 2 is 1.65 bits per heavy atom. The maximum absolute atomic E-state index is 10.4. The van der Waals surface area contributed by atoms with E-state index in [0.717, 1.165) is 30.9 Å². The number of quaternary nitrogens is 1. The Hall–Kier alpha value is -2.89. The predicted octanol–water partition coefficient (Wildman–Crippen LogP) is -0.830. The molecule has 1 unspecified atom stereocenters. The zero-order valence-corrected chi connectivity index (χ0v) is 19.9. The van der Waals surface area contributed by atoms with E-state index in [-0.39, 0.29) is 0 Å². The van der Waals surface area contributed by atoms with Crippen LogP contribution in [0.2, 0.25) is 0 Å². The van der Waals surface area contributed by atoms with Crippen LogP contribution in [0.25, 0.3) is 0 Å². The Kier molecular flexibility index (Phi) is 11.8. The minimum absolute atomic E-state index is 0.589. The lowest BCUT2D eigenvalue weighted by Crippen LogP contribution is -3.11. The second kappa shape index (κ2) is 13.7. The lowest BCUT2D eigenvalue weighted by molar-refractivity contribution is -0.896. The molecule has 1 aromatic rings. The number of hydrogen-bond acceptors (Lipinski definition) is 8. The van der Waals surface area contributed by atoms with Crippen LogP contribution in [-0.2, 0) is 19.1 Å². The first-order valence-electron chi connectivity index (χ1n) is 11.2. The van der Waals surface area contributed by atoms with E-state index in [1.165, 1.54) is 19.6 Å². The largest absolute Gasteiger partial charge is 0.549 e. The van der Waals surface area contributed by atoms with Crippen molar-refractivity contribution in [3.8, 4) is 11.5 Å². The molecule has 0 bridgehead atoms. The number of para-hydroxylation sites is 2. The van der Waals surface area contributed by atoms with Crippen molar-refractivity contribution in [3.05, 3.63) is 24.3 Å². The molecule has 1 aliphatic rings. The van der Waals surface area contributed by atoms with Crippen molar-refractivity contribution in [3.63, 3.8) is 0 Å². The maximum atomic E-state index is 10.4. The van der Waals surface area contributed by atoms with Crippen molar-refractivity contribution in [1.29, 1.82) is 0 Å². The first kappa shape index (κ1) is 29.1. The topological polar surface area (TPSA) is 167 Å². The van der Waals surface area contributed by atoms with Gasteiger partial charge in [0.15, 0.2) is 11.5 Å². The zero-order valence-electron chi connectivity index (χ0n) is 19.9. The fraction of sp³-hybridized carbons (Fsp3) is 0.609. The molecule has 0 aliphatic carbocycles. The number of nitrogens with one attached hydrogen (secondary N) is 1. The quantitative estimate of drug-likeness (QED) is 0.193. The van der Waals surface area contributed by atoms with Gasteiger partial charge in [0, 0.05) is 19.8 Å². The monoisotopic (exact) mass is 485 g/mol. The van der Waals surface area contributed by atoms with Crippen LogP contribution in [0.15, 0.2) is 24.3 Å². The highest BCUT2D eigenvalue weighted by molar-refractivity contribution is 6.00. The van der Waals surface area contributed by atoms with E-state index in [4.69, 9.17) is 29.5 Å². The minimum atomic E-state index is -2.76. The van der Waals surface area contributed by atoms with Crippen molar-refractivity contribution in [2.75, 3.05) is 39.5 Å². The van der Waals surface area contributed by atoms with E-state index in [0.29, 0.717) is 6.61 Å². The van der Waals surface area contributed by atoms with Crippen LogP contribution in [0, 0.1) is 5.41 Å². The van der Waals surface area contributed by atoms with Gasteiger partial charge in [0.1, 0.15) is 5.41 Å². The van der Waals surface area contributed by atoms with Gasteiger partial charge in [-0.05, 0) is 26.0 Å². The van der Waals surface area contributed by atoms with E-state index in [1.807, 2.05) is 31.2 Å². The number of rotatable bonds is 14. The molecule has 1 aliphatic heterocycles. The lowest BCUT2D eigenvalue weighted by atomic mass is 9.85. The van der Waals surface area contributed by atoms with E-state index >= 15 is 0 Å². The molecule has 0 fully saturated rings. The zero-order chi connectivity index (χ0) is 25.8. The molecular formula is C23H35NO10. The third-order valence-corrected chi connectivity index (χ3v) is 5.54. The van der Waals surface area contributed by atoms with Gasteiger partial charge >= 0.3 is 11.9 Å². The van der Waals surface area contributed by atoms with Crippen LogP contribution in [-0.4, -0.2) is 78.5 Å². The number of aliphatic carboxylic acids is 3. The Labute approximate surface area is 198 Å². The number of ether oxygens (including phenoxy) is 3. The van der Waals surface area contributed by atoms with Crippen molar-refractivity contribution >= 4 is 17.9 Å². The maximum Gasteiger partial charge on any atom is 0.318 e. The summed E-state index contributed by atoms with van der Waals surface area (Å²) in [6.45, 7) is 10.1. The summed E-state index contributed by atoms with van der Waals surface area (Å²) < 4.78 is 17.5. The molecule has 192 valence electrons. The van der Waals surface area contributed by atoms with Gasteiger partial charge in [-0.3, -0.25) is 9.59 Å². The molecule has 2 rings (SSSR count). The van der Waals surface area contributed by atoms with E-state index in [1.54, 1.807) is 4.90 Å². The molecule has 11 nitrogen and oxygen atoms in total. The highest BCUT2D eigenvalue weighted by atomic mass is 16.7. The lowest BCUT2D eigenvalue weighted by Gasteiger charge is -2.25. The second-order valence-corrected chi connectivity index (χ2v) is 8.11. The number of carbonyl (C=O) groups excluding carboxylic acids is 1. The number of carboxylic acid groups (broad SMARTS) is 3. The highest BCUT2D eigenvalue weighted by Crippen LogP contribution is 2.40. The van der Waals surface area contributed by atoms with E-state index in [9.17, 15) is 19.5 Å². The van der Waals surface area contributed by atoms with Gasteiger partial charge in [-0.15, -0.1) is 0 Å². The Morgan fingerprint density at radius 1 is 1.09 bits per heavy atom. The molecule has 0 spiro atoms. The van der Waals surface area contributed by atoms with E-state index in [2.05, 4.69) is 13.8 Å². The van der Waals surface area contributed by atoms with E-state index < -0.39 is 42.1 Å². The van der Waals surface area contributed by atoms with Crippen molar-refractivity contribution in [2.24, 2.45) is 5.41 Å². The average Bonchev–Trinajstić information content (AvgIpc) is 3.13. The summed E-state index contributed by atoms with van der Waals surface area (Å²) in [6.07, 6.45) is 0.622. The Morgan fingerprint density at radius 3 is 2.03 bits per heavy atom. The number of benzene rings is 1. The molecule has 1 heterocycles. The smallest absolute Gasteiger partial charge is 0.318 e. The molecule has 0 saturated carbocycles. The Bertz CT molecular complexity index is 770. The van der Waals surface area contributed by atoms with Gasteiger partial charge in [-0.2, -0.15) is 0 Å². The fourth-order valence-electron chi connectivity index (χ4n) is 3.28. The van der Waals surface area contributed by atoms with Gasteiger partial charge in [0.05, 0.1) is 51.8 Å². The minimum Gasteiger partial charge on any atom is -0.549 e. The SMILES string of the molecule is CC[NH+](CC)CCCOCCC1(C)Oc2ccccc2O1.O=C(O)CC(CO)(C(=O)[O-])C(=O)O. The number of hydrogen-bond donors (Lipinski definition) is 4. The van der Waals surface area contributed by atoms with Crippen LogP contribution in [0.1, 0.15) is 40.0 Å². The molecule has 0 saturated heterocycles. The predicted molar refractivity (Wildman–Crippen MR) is 117 cm³/mol. The normalized spacial score (nSPS) is 15.2. The summed E-state index contributed by atoms with van der Waals surface area (Å²) in [5, 5.41) is 35.4. The summed E-state index contributed by atoms with van der Waals surface area (Å²) in [4.78, 5) is 32.4. The molecule has 0 amide bonds. The molecule has 0 radical (unpaired) electrons. The van der Waals surface area contributed by atoms with Crippen LogP contribution >= 0.6 is 0 Å². The van der Waals surface area contributed by atoms with Crippen molar-refractivity contribution in [1.82, 2.24) is 0 Å². The highest BCUT2D eigenvalue weighted by Gasteiger charge is 2.42. The van der Waals surface area contributed by atoms with Gasteiger partial charge in [-0.25, -0.2) is 0 Å². The molecule has 4 N–H and O–H groups in total. The molecule has 1 aromatic carbocycles. The molecule has 0 aromatic heterocycles. The number of carbonyl (C=O) groups is 3. The average molecular weight is 486 g/mol. The standard InChI is InChI=1S/C17H27NO3.C6H8O7/c1-4-18(5-2)12-8-13-19-14-11-17(3)20-15-9-6-7-10-16(15)21-17;7-2-6(4(10)11,5(12)13)1-3(8)9/h6-7,9-10H,4-5,8,11-14H2,1-3H3;7H,1-2H2,(H,8,9)(H,10,11)(H,12,13). The summed E-state index contributed by atoms with van der Waals surface area (Å²) >= 11 is 0. The van der Waals surface area contributed by atoms with Gasteiger partial charge in [0.25, 0.3) is 5.79 Å². The fourth-order valence-corrected chi connectivity index (χ4v) is 3.28. The van der Waals surface area contributed by atoms with Crippen molar-refractivity contribution < 1.29 is 53.9 Å². The summed E-state index contributed by atoms with van der Waals surface area (Å²) in [6, 6.07) is 7.79. The van der Waals surface area contributed by atoms with Crippen LogP contribution < -0.4 is 19.5 Å². The first-order valence-corrected chi connectivity index (χ1v) is 11.2. The molecule has 11 heteroatoms. The van der Waals surface area contributed by atoms with Crippen LogP contribution in [0.4, 0.5) is 0 Å². The molecular weight excluding hydrogens is 450 g/mol. The number of aliphatic hydroxyl groups excluding tert-OH is 1. The third kappa shape index (κ3) is 8.47. The van der Waals surface area contributed by atoms with Gasteiger partial charge < -0.3 is 44.3 Å². The number of fused-ring (bicyclic) bond motifs is 1. The van der Waals surface area contributed by atoms with Gasteiger partial charge in [-0.1, -0.05) is 12.1 Å². The number of aliphatic hydroxyl groups is 1. The molecule has 34 heavy (non-hydrogen) atoms. The van der Waals surface area contributed by atoms with Crippen LogP contribution in [0.3, 0.4) is 0 Å². The third-order valence-electron chi connectivity index (χ3n) is 5.54. The summed E-state index contributed by atoms with van der Waals surface area (Å²) in [5.74, 6) is -4.63. The number of carboxylic acids is 3. The second-order valence-electron chi connectivity index (χ2n) is 8.11. The van der Waals surface area contributed by atoms with Crippen molar-refractivity contribution in [2.45, 2.75) is 45.8 Å². The first-order chi connectivity index (χ1) is 16.0. The summed E-state index contributed by atoms with van der Waals surface area (Å²) in [5.41, 5.74) is -2.76. The summed E-state index contributed by atoms with van der Waals surface area (Å²) in [7, 11) is 0. The van der Waals surface area contributed by atoms with Crippen LogP contribution in [0.5, 0.6) is 11.5 Å². The molecule has 1 atom stereocenters. The van der Waals surface area contributed by atoms with Gasteiger partial charge in [0.2, 0.25) is 0 Å². The Balaban J connectivity index is 0.000000385.